The van der Waals surface area contributed by atoms with Crippen LogP contribution in [0, 0.1) is 0 Å². The fourth-order valence-electron chi connectivity index (χ4n) is 2.82. The Kier molecular flexibility index (Phi) is 3.71. The van der Waals surface area contributed by atoms with Gasteiger partial charge in [-0.2, -0.15) is 0 Å². The average Bonchev–Trinajstić information content (AvgIpc) is 3.17. The fourth-order valence-corrected chi connectivity index (χ4v) is 3.81. The monoisotopic (exact) mass is 340 g/mol. The maximum atomic E-state index is 12.9. The molecule has 0 aromatic heterocycles. The van der Waals surface area contributed by atoms with Gasteiger partial charge >= 0.3 is 0 Å². The molecule has 0 fully saturated rings. The summed E-state index contributed by atoms with van der Waals surface area (Å²) in [4.78, 5) is 19.4. The van der Waals surface area contributed by atoms with E-state index in [9.17, 15) is 4.79 Å². The molecule has 0 spiro atoms. The van der Waals surface area contributed by atoms with E-state index in [0.717, 1.165) is 22.7 Å². The Labute approximate surface area is 143 Å². The lowest BCUT2D eigenvalue weighted by molar-refractivity contribution is -0.112. The molecule has 114 valence electrons. The number of thioether (sulfide) groups is 1. The highest BCUT2D eigenvalue weighted by Gasteiger charge is 2.37. The Morgan fingerprint density at radius 1 is 1.13 bits per heavy atom. The highest BCUT2D eigenvalue weighted by atomic mass is 35.5. The molecule has 0 bridgehead atoms. The molecule has 1 unspecified atom stereocenters. The van der Waals surface area contributed by atoms with Crippen molar-refractivity contribution in [2.75, 3.05) is 10.7 Å². The molecule has 23 heavy (non-hydrogen) atoms. The molecule has 2 aliphatic heterocycles. The first-order valence-electron chi connectivity index (χ1n) is 7.29. The second kappa shape index (κ2) is 5.87. The van der Waals surface area contributed by atoms with Crippen molar-refractivity contribution in [3.8, 4) is 0 Å². The summed E-state index contributed by atoms with van der Waals surface area (Å²) >= 11 is 7.64. The number of hydrogen-bond donors (Lipinski definition) is 0. The largest absolute Gasteiger partial charge is 0.299 e. The second-order valence-corrected chi connectivity index (χ2v) is 6.73. The predicted octanol–water partition coefficient (Wildman–Crippen LogP) is 4.44. The van der Waals surface area contributed by atoms with E-state index in [1.165, 1.54) is 0 Å². The number of halogens is 1. The number of aliphatic imine (C=N–C) groups is 1. The van der Waals surface area contributed by atoms with Gasteiger partial charge in [0.05, 0.1) is 17.4 Å². The molecular formula is C18H13ClN2OS. The van der Waals surface area contributed by atoms with Gasteiger partial charge in [-0.15, -0.1) is 11.8 Å². The summed E-state index contributed by atoms with van der Waals surface area (Å²) in [5.74, 6) is 0.840. The molecule has 0 N–H and O–H groups in total. The SMILES string of the molecule is O=C1C(=Nc2ccc(Cl)cc2)c2ccccc2N1C1C=CSC1. The van der Waals surface area contributed by atoms with Gasteiger partial charge in [0, 0.05) is 16.3 Å². The van der Waals surface area contributed by atoms with Crippen LogP contribution in [0.3, 0.4) is 0 Å². The van der Waals surface area contributed by atoms with Gasteiger partial charge in [0.1, 0.15) is 5.71 Å². The third kappa shape index (κ3) is 2.58. The Bertz CT molecular complexity index is 829. The number of para-hydroxylation sites is 1. The molecule has 0 saturated carbocycles. The summed E-state index contributed by atoms with van der Waals surface area (Å²) in [7, 11) is 0. The van der Waals surface area contributed by atoms with Crippen LogP contribution in [0.15, 0.2) is 65.0 Å². The van der Waals surface area contributed by atoms with Crippen molar-refractivity contribution in [2.45, 2.75) is 6.04 Å². The summed E-state index contributed by atoms with van der Waals surface area (Å²) in [6, 6.07) is 15.1. The van der Waals surface area contributed by atoms with Crippen LogP contribution in [0.2, 0.25) is 5.02 Å². The average molecular weight is 341 g/mol. The Morgan fingerprint density at radius 2 is 1.91 bits per heavy atom. The quantitative estimate of drug-likeness (QED) is 0.809. The Balaban J connectivity index is 1.80. The number of benzene rings is 2. The molecule has 5 heteroatoms. The lowest BCUT2D eigenvalue weighted by atomic mass is 10.1. The first-order chi connectivity index (χ1) is 11.2. The van der Waals surface area contributed by atoms with E-state index in [2.05, 4.69) is 16.5 Å². The smallest absolute Gasteiger partial charge is 0.278 e. The van der Waals surface area contributed by atoms with Gasteiger partial charge in [0.25, 0.3) is 5.91 Å². The van der Waals surface area contributed by atoms with Gasteiger partial charge in [0.15, 0.2) is 0 Å². The first-order valence-corrected chi connectivity index (χ1v) is 8.72. The molecule has 4 rings (SSSR count). The van der Waals surface area contributed by atoms with E-state index < -0.39 is 0 Å². The highest BCUT2D eigenvalue weighted by Crippen LogP contribution is 2.35. The van der Waals surface area contributed by atoms with Crippen molar-refractivity contribution in [1.82, 2.24) is 0 Å². The molecule has 2 heterocycles. The Morgan fingerprint density at radius 3 is 2.65 bits per heavy atom. The molecule has 2 aromatic carbocycles. The number of nitrogens with zero attached hydrogens (tertiary/aromatic N) is 2. The summed E-state index contributed by atoms with van der Waals surface area (Å²) in [6.45, 7) is 0. The van der Waals surface area contributed by atoms with E-state index in [4.69, 9.17) is 11.6 Å². The number of amides is 1. The van der Waals surface area contributed by atoms with E-state index in [1.807, 2.05) is 41.3 Å². The lowest BCUT2D eigenvalue weighted by Crippen LogP contribution is -2.39. The zero-order valence-corrected chi connectivity index (χ0v) is 13.7. The molecule has 2 aliphatic rings. The number of anilines is 1. The minimum atomic E-state index is -0.0432. The second-order valence-electron chi connectivity index (χ2n) is 5.36. The summed E-state index contributed by atoms with van der Waals surface area (Å²) in [6.07, 6.45) is 2.07. The van der Waals surface area contributed by atoms with Crippen molar-refractivity contribution in [3.63, 3.8) is 0 Å². The molecule has 1 amide bonds. The molecule has 0 radical (unpaired) electrons. The first kappa shape index (κ1) is 14.5. The molecule has 0 saturated heterocycles. The molecular weight excluding hydrogens is 328 g/mol. The van der Waals surface area contributed by atoms with Gasteiger partial charge < -0.3 is 0 Å². The van der Waals surface area contributed by atoms with Crippen molar-refractivity contribution < 1.29 is 4.79 Å². The lowest BCUT2D eigenvalue weighted by Gasteiger charge is -2.22. The Hall–Kier alpha value is -2.04. The third-order valence-corrected chi connectivity index (χ3v) is 5.04. The van der Waals surface area contributed by atoms with E-state index >= 15 is 0 Å². The van der Waals surface area contributed by atoms with Gasteiger partial charge in [-0.25, -0.2) is 4.99 Å². The summed E-state index contributed by atoms with van der Waals surface area (Å²) in [5, 5.41) is 2.70. The van der Waals surface area contributed by atoms with Gasteiger partial charge in [0.2, 0.25) is 0 Å². The van der Waals surface area contributed by atoms with Gasteiger partial charge in [-0.05, 0) is 35.7 Å². The molecule has 1 atom stereocenters. The van der Waals surface area contributed by atoms with Crippen LogP contribution in [0.4, 0.5) is 11.4 Å². The maximum Gasteiger partial charge on any atom is 0.278 e. The highest BCUT2D eigenvalue weighted by molar-refractivity contribution is 8.02. The number of hydrogen-bond acceptors (Lipinski definition) is 3. The van der Waals surface area contributed by atoms with Crippen molar-refractivity contribution in [1.29, 1.82) is 0 Å². The normalized spacial score (nSPS) is 21.3. The van der Waals surface area contributed by atoms with Crippen LogP contribution in [0.5, 0.6) is 0 Å². The van der Waals surface area contributed by atoms with E-state index in [0.29, 0.717) is 10.7 Å². The predicted molar refractivity (Wildman–Crippen MR) is 97.0 cm³/mol. The number of carbonyl (C=O) groups is 1. The van der Waals surface area contributed by atoms with Crippen LogP contribution in [0.25, 0.3) is 0 Å². The molecule has 2 aromatic rings. The number of fused-ring (bicyclic) bond motifs is 1. The zero-order valence-electron chi connectivity index (χ0n) is 12.1. The summed E-state index contributed by atoms with van der Waals surface area (Å²) < 4.78 is 0. The minimum Gasteiger partial charge on any atom is -0.299 e. The van der Waals surface area contributed by atoms with Crippen molar-refractivity contribution in [2.24, 2.45) is 4.99 Å². The van der Waals surface area contributed by atoms with E-state index in [1.54, 1.807) is 23.9 Å². The van der Waals surface area contributed by atoms with Gasteiger partial charge in [-0.3, -0.25) is 9.69 Å². The molecule has 0 aliphatic carbocycles. The van der Waals surface area contributed by atoms with Crippen molar-refractivity contribution in [3.05, 3.63) is 70.6 Å². The maximum absolute atomic E-state index is 12.9. The third-order valence-electron chi connectivity index (χ3n) is 3.90. The van der Waals surface area contributed by atoms with E-state index in [-0.39, 0.29) is 11.9 Å². The van der Waals surface area contributed by atoms with Crippen LogP contribution in [-0.2, 0) is 4.79 Å². The minimum absolute atomic E-state index is 0.0432. The number of rotatable bonds is 2. The van der Waals surface area contributed by atoms with Crippen LogP contribution >= 0.6 is 23.4 Å². The van der Waals surface area contributed by atoms with Crippen molar-refractivity contribution >= 4 is 46.4 Å². The summed E-state index contributed by atoms with van der Waals surface area (Å²) in [5.41, 5.74) is 3.04. The fraction of sp³-hybridized carbons (Fsp3) is 0.111. The topological polar surface area (TPSA) is 32.7 Å². The van der Waals surface area contributed by atoms with Crippen LogP contribution in [0.1, 0.15) is 5.56 Å². The van der Waals surface area contributed by atoms with Gasteiger partial charge in [-0.1, -0.05) is 35.9 Å². The van der Waals surface area contributed by atoms with Crippen LogP contribution < -0.4 is 4.90 Å². The standard InChI is InChI=1S/C18H13ClN2OS/c19-12-5-7-13(8-6-12)20-17-15-3-1-2-4-16(15)21(18(17)22)14-9-10-23-11-14/h1-10,14H,11H2. The number of carbonyl (C=O) groups excluding carboxylic acids is 1. The molecule has 3 nitrogen and oxygen atoms in total. The van der Waals surface area contributed by atoms with Crippen LogP contribution in [-0.4, -0.2) is 23.4 Å². The zero-order chi connectivity index (χ0) is 15.8.